The van der Waals surface area contributed by atoms with Gasteiger partial charge in [-0.05, 0) is 25.1 Å². The Kier molecular flexibility index (Phi) is 4.67. The van der Waals surface area contributed by atoms with E-state index < -0.39 is 15.7 Å². The molecule has 0 saturated carbocycles. The first-order valence-electron chi connectivity index (χ1n) is 6.73. The third-order valence-corrected chi connectivity index (χ3v) is 5.62. The van der Waals surface area contributed by atoms with Crippen molar-refractivity contribution in [2.45, 2.75) is 18.7 Å². The number of hydrogen-bond acceptors (Lipinski definition) is 5. The fraction of sp³-hybridized carbons (Fsp3) is 0.286. The summed E-state index contributed by atoms with van der Waals surface area (Å²) in [7, 11) is -1.81. The fourth-order valence-electron chi connectivity index (χ4n) is 1.88. The van der Waals surface area contributed by atoms with Gasteiger partial charge in [-0.2, -0.15) is 5.10 Å². The molecular weight excluding hydrogens is 342 g/mol. The molecule has 0 aliphatic heterocycles. The molecule has 0 atom stereocenters. The number of benzene rings is 1. The van der Waals surface area contributed by atoms with Crippen molar-refractivity contribution >= 4 is 33.0 Å². The normalized spacial score (nSPS) is 11.5. The van der Waals surface area contributed by atoms with E-state index in [-0.39, 0.29) is 32.8 Å². The fourth-order valence-corrected chi connectivity index (χ4v) is 3.04. The third-order valence-electron chi connectivity index (χ3n) is 3.43. The Hall–Kier alpha value is -2.06. The van der Waals surface area contributed by atoms with Gasteiger partial charge in [-0.1, -0.05) is 18.5 Å². The minimum Gasteiger partial charge on any atom is -0.506 e. The van der Waals surface area contributed by atoms with Crippen molar-refractivity contribution < 1.29 is 18.3 Å². The van der Waals surface area contributed by atoms with Crippen molar-refractivity contribution in [2.75, 3.05) is 11.1 Å². The maximum atomic E-state index is 12.3. The topological polar surface area (TPSA) is 101 Å². The molecule has 1 heterocycles. The highest BCUT2D eigenvalue weighted by molar-refractivity contribution is 7.91. The molecule has 0 aliphatic rings. The summed E-state index contributed by atoms with van der Waals surface area (Å²) in [6, 6.07) is 3.70. The van der Waals surface area contributed by atoms with Gasteiger partial charge in [0.1, 0.15) is 5.75 Å². The maximum absolute atomic E-state index is 12.3. The molecule has 1 aromatic heterocycles. The van der Waals surface area contributed by atoms with Gasteiger partial charge in [-0.15, -0.1) is 0 Å². The van der Waals surface area contributed by atoms with Crippen molar-refractivity contribution in [1.82, 2.24) is 9.78 Å². The zero-order valence-corrected chi connectivity index (χ0v) is 14.4. The summed E-state index contributed by atoms with van der Waals surface area (Å²) in [5, 5.41) is 16.5. The van der Waals surface area contributed by atoms with Gasteiger partial charge in [0.2, 0.25) is 0 Å². The number of halogens is 1. The van der Waals surface area contributed by atoms with Crippen LogP contribution in [0.5, 0.6) is 5.75 Å². The minimum atomic E-state index is -3.46. The molecule has 0 radical (unpaired) electrons. The quantitative estimate of drug-likeness (QED) is 0.816. The van der Waals surface area contributed by atoms with Crippen LogP contribution in [0.2, 0.25) is 5.02 Å². The molecule has 2 N–H and O–H groups in total. The molecule has 2 rings (SSSR count). The average molecular weight is 358 g/mol. The van der Waals surface area contributed by atoms with Gasteiger partial charge in [0.25, 0.3) is 5.91 Å². The first-order valence-corrected chi connectivity index (χ1v) is 8.76. The van der Waals surface area contributed by atoms with Crippen molar-refractivity contribution in [3.8, 4) is 5.75 Å². The third kappa shape index (κ3) is 3.32. The van der Waals surface area contributed by atoms with E-state index in [9.17, 15) is 18.3 Å². The molecule has 0 fully saturated rings. The van der Waals surface area contributed by atoms with Crippen molar-refractivity contribution in [3.05, 3.63) is 34.6 Å². The number of rotatable bonds is 4. The number of aromatic nitrogens is 2. The lowest BCUT2D eigenvalue weighted by Crippen LogP contribution is -2.14. The van der Waals surface area contributed by atoms with Gasteiger partial charge in [0.15, 0.2) is 15.5 Å². The van der Waals surface area contributed by atoms with Crippen molar-refractivity contribution in [3.63, 3.8) is 0 Å². The monoisotopic (exact) mass is 357 g/mol. The summed E-state index contributed by atoms with van der Waals surface area (Å²) in [4.78, 5) is 12.3. The van der Waals surface area contributed by atoms with Crippen molar-refractivity contribution in [1.29, 1.82) is 0 Å². The van der Waals surface area contributed by atoms with Crippen LogP contribution in [0.3, 0.4) is 0 Å². The smallest absolute Gasteiger partial charge is 0.277 e. The minimum absolute atomic E-state index is 0.00480. The molecule has 1 amide bonds. The highest BCUT2D eigenvalue weighted by Crippen LogP contribution is 2.28. The SMILES string of the molecule is CCS(=O)(=O)c1ccc(O)c(NC(=O)c2nn(C)c(C)c2Cl)c1. The number of hydrogen-bond donors (Lipinski definition) is 2. The lowest BCUT2D eigenvalue weighted by molar-refractivity contribution is 0.102. The van der Waals surface area contributed by atoms with E-state index in [1.165, 1.54) is 29.8 Å². The van der Waals surface area contributed by atoms with Crippen LogP contribution in [0.15, 0.2) is 23.1 Å². The first-order chi connectivity index (χ1) is 10.7. The van der Waals surface area contributed by atoms with Gasteiger partial charge in [0.05, 0.1) is 27.1 Å². The highest BCUT2D eigenvalue weighted by atomic mass is 35.5. The van der Waals surface area contributed by atoms with E-state index >= 15 is 0 Å². The van der Waals surface area contributed by atoms with E-state index in [4.69, 9.17) is 11.6 Å². The Morgan fingerprint density at radius 2 is 2.09 bits per heavy atom. The molecule has 124 valence electrons. The maximum Gasteiger partial charge on any atom is 0.277 e. The number of phenolic OH excluding ortho intramolecular Hbond substituents is 1. The summed E-state index contributed by atoms with van der Waals surface area (Å²) in [5.74, 6) is -0.978. The molecule has 9 heteroatoms. The van der Waals surface area contributed by atoms with Crippen LogP contribution in [0.25, 0.3) is 0 Å². The van der Waals surface area contributed by atoms with Crippen LogP contribution in [0, 0.1) is 6.92 Å². The summed E-state index contributed by atoms with van der Waals surface area (Å²) in [6.45, 7) is 3.22. The Labute approximate surface area is 138 Å². The Morgan fingerprint density at radius 1 is 1.43 bits per heavy atom. The zero-order chi connectivity index (χ0) is 17.4. The number of anilines is 1. The summed E-state index contributed by atoms with van der Waals surface area (Å²) in [5.41, 5.74) is 0.585. The molecule has 1 aromatic carbocycles. The van der Waals surface area contributed by atoms with Gasteiger partial charge in [0, 0.05) is 7.05 Å². The molecule has 23 heavy (non-hydrogen) atoms. The number of sulfone groups is 1. The average Bonchev–Trinajstić information content (AvgIpc) is 2.77. The summed E-state index contributed by atoms with van der Waals surface area (Å²) < 4.78 is 25.2. The Bertz CT molecular complexity index is 874. The second-order valence-electron chi connectivity index (χ2n) is 4.91. The summed E-state index contributed by atoms with van der Waals surface area (Å²) in [6.07, 6.45) is 0. The second kappa shape index (κ2) is 6.21. The van der Waals surface area contributed by atoms with Crippen LogP contribution < -0.4 is 5.32 Å². The Morgan fingerprint density at radius 3 is 2.61 bits per heavy atom. The largest absolute Gasteiger partial charge is 0.506 e. The molecule has 2 aromatic rings. The first kappa shape index (κ1) is 17.3. The Balaban J connectivity index is 2.38. The standard InChI is InChI=1S/C14H16ClN3O4S/c1-4-23(21,22)9-5-6-11(19)10(7-9)16-14(20)13-12(15)8(2)18(3)17-13/h5-7,19H,4H2,1-3H3,(H,16,20). The zero-order valence-electron chi connectivity index (χ0n) is 12.8. The van der Waals surface area contributed by atoms with E-state index in [0.29, 0.717) is 5.69 Å². The van der Waals surface area contributed by atoms with Gasteiger partial charge < -0.3 is 10.4 Å². The predicted octanol–water partition coefficient (Wildman–Crippen LogP) is 2.13. The number of aromatic hydroxyl groups is 1. The van der Waals surface area contributed by atoms with Crippen LogP contribution in [0.1, 0.15) is 23.1 Å². The van der Waals surface area contributed by atoms with Crippen molar-refractivity contribution in [2.24, 2.45) is 7.05 Å². The van der Waals surface area contributed by atoms with E-state index in [2.05, 4.69) is 10.4 Å². The lowest BCUT2D eigenvalue weighted by atomic mass is 10.2. The number of nitrogens with one attached hydrogen (secondary N) is 1. The van der Waals surface area contributed by atoms with Crippen LogP contribution in [-0.4, -0.2) is 35.0 Å². The molecule has 0 bridgehead atoms. The molecule has 0 aliphatic carbocycles. The molecular formula is C14H16ClN3O4S. The van der Waals surface area contributed by atoms with E-state index in [1.54, 1.807) is 14.0 Å². The van der Waals surface area contributed by atoms with Gasteiger partial charge >= 0.3 is 0 Å². The molecule has 7 nitrogen and oxygen atoms in total. The predicted molar refractivity (Wildman–Crippen MR) is 86.7 cm³/mol. The summed E-state index contributed by atoms with van der Waals surface area (Å²) >= 11 is 6.04. The van der Waals surface area contributed by atoms with Gasteiger partial charge in [-0.3, -0.25) is 9.48 Å². The number of phenols is 1. The second-order valence-corrected chi connectivity index (χ2v) is 7.56. The number of aryl methyl sites for hydroxylation is 1. The number of nitrogens with zero attached hydrogens (tertiary/aromatic N) is 2. The molecule has 0 saturated heterocycles. The number of carbonyl (C=O) groups is 1. The van der Waals surface area contributed by atoms with E-state index in [0.717, 1.165) is 0 Å². The highest BCUT2D eigenvalue weighted by Gasteiger charge is 2.20. The van der Waals surface area contributed by atoms with E-state index in [1.807, 2.05) is 0 Å². The van der Waals surface area contributed by atoms with Crippen LogP contribution in [0.4, 0.5) is 5.69 Å². The van der Waals surface area contributed by atoms with Crippen LogP contribution >= 0.6 is 11.6 Å². The molecule has 0 spiro atoms. The number of amides is 1. The van der Waals surface area contributed by atoms with Crippen LogP contribution in [-0.2, 0) is 16.9 Å². The number of carbonyl (C=O) groups excluding carboxylic acids is 1. The van der Waals surface area contributed by atoms with Gasteiger partial charge in [-0.25, -0.2) is 8.42 Å². The molecule has 0 unspecified atom stereocenters. The lowest BCUT2D eigenvalue weighted by Gasteiger charge is -2.09.